The zero-order valence-electron chi connectivity index (χ0n) is 13.3. The highest BCUT2D eigenvalue weighted by atomic mass is 35.7. The van der Waals surface area contributed by atoms with Crippen LogP contribution in [0.3, 0.4) is 0 Å². The summed E-state index contributed by atoms with van der Waals surface area (Å²) >= 11 is 0. The second-order valence-corrected chi connectivity index (χ2v) is 8.42. The van der Waals surface area contributed by atoms with E-state index in [0.717, 1.165) is 12.0 Å². The van der Waals surface area contributed by atoms with Gasteiger partial charge in [0.05, 0.1) is 4.90 Å². The summed E-state index contributed by atoms with van der Waals surface area (Å²) in [6.07, 6.45) is 0.792. The molecule has 0 fully saturated rings. The van der Waals surface area contributed by atoms with Crippen LogP contribution in [0.5, 0.6) is 0 Å². The molecule has 0 atom stereocenters. The number of carbonyl (C=O) groups excluding carboxylic acids is 1. The summed E-state index contributed by atoms with van der Waals surface area (Å²) in [5, 5.41) is 0. The molecule has 1 rings (SSSR count). The predicted molar refractivity (Wildman–Crippen MR) is 85.4 cm³/mol. The number of amides is 1. The average Bonchev–Trinajstić information content (AvgIpc) is 2.38. The lowest BCUT2D eigenvalue weighted by atomic mass is 9.98. The van der Waals surface area contributed by atoms with Crippen LogP contribution in [0.15, 0.2) is 17.0 Å². The molecule has 118 valence electrons. The van der Waals surface area contributed by atoms with Gasteiger partial charge in [-0.1, -0.05) is 6.92 Å². The van der Waals surface area contributed by atoms with Gasteiger partial charge in [-0.2, -0.15) is 0 Å². The van der Waals surface area contributed by atoms with Crippen LogP contribution >= 0.6 is 10.7 Å². The van der Waals surface area contributed by atoms with Gasteiger partial charge in [0, 0.05) is 28.8 Å². The van der Waals surface area contributed by atoms with E-state index >= 15 is 0 Å². The van der Waals surface area contributed by atoms with Crippen molar-refractivity contribution >= 4 is 25.6 Å². The Kier molecular flexibility index (Phi) is 5.11. The van der Waals surface area contributed by atoms with E-state index in [4.69, 9.17) is 10.7 Å². The monoisotopic (exact) mass is 331 g/mol. The molecule has 0 aliphatic heterocycles. The molecule has 0 aliphatic carbocycles. The second-order valence-electron chi connectivity index (χ2n) is 5.88. The first-order chi connectivity index (χ1) is 9.41. The SMILES string of the molecule is CCC(C)(C)N(C)C(=O)c1cc(C)c(C)c(S(=O)(=O)Cl)c1. The van der Waals surface area contributed by atoms with Gasteiger partial charge in [0.1, 0.15) is 0 Å². The highest BCUT2D eigenvalue weighted by Gasteiger charge is 2.28. The molecule has 0 aliphatic rings. The minimum atomic E-state index is -3.88. The van der Waals surface area contributed by atoms with Crippen LogP contribution in [0, 0.1) is 13.8 Å². The van der Waals surface area contributed by atoms with E-state index in [1.807, 2.05) is 20.8 Å². The molecule has 0 radical (unpaired) electrons. The summed E-state index contributed by atoms with van der Waals surface area (Å²) in [6, 6.07) is 3.06. The molecule has 0 N–H and O–H groups in total. The molecule has 1 aromatic rings. The number of rotatable bonds is 4. The Morgan fingerprint density at radius 3 is 2.24 bits per heavy atom. The van der Waals surface area contributed by atoms with Gasteiger partial charge in [0.15, 0.2) is 0 Å². The Morgan fingerprint density at radius 1 is 1.29 bits per heavy atom. The standard InChI is InChI=1S/C15H22ClNO3S/c1-7-15(4,5)17(6)14(18)12-8-10(2)11(3)13(9-12)21(16,19)20/h8-9H,7H2,1-6H3. The van der Waals surface area contributed by atoms with Gasteiger partial charge in [-0.3, -0.25) is 4.79 Å². The molecule has 0 saturated heterocycles. The van der Waals surface area contributed by atoms with Gasteiger partial charge >= 0.3 is 0 Å². The number of halogens is 1. The zero-order valence-corrected chi connectivity index (χ0v) is 14.9. The highest BCUT2D eigenvalue weighted by Crippen LogP contribution is 2.26. The van der Waals surface area contributed by atoms with E-state index in [2.05, 4.69) is 0 Å². The first-order valence-electron chi connectivity index (χ1n) is 6.76. The smallest absolute Gasteiger partial charge is 0.261 e. The van der Waals surface area contributed by atoms with E-state index < -0.39 is 9.05 Å². The normalized spacial score (nSPS) is 12.3. The molecule has 0 heterocycles. The maximum Gasteiger partial charge on any atom is 0.261 e. The molecule has 0 aromatic heterocycles. The molecular formula is C15H22ClNO3S. The van der Waals surface area contributed by atoms with E-state index in [9.17, 15) is 13.2 Å². The molecule has 0 unspecified atom stereocenters. The van der Waals surface area contributed by atoms with Gasteiger partial charge in [-0.25, -0.2) is 8.42 Å². The maximum absolute atomic E-state index is 12.6. The lowest BCUT2D eigenvalue weighted by Gasteiger charge is -2.35. The predicted octanol–water partition coefficient (Wildman–Crippen LogP) is 3.49. The number of nitrogens with zero attached hydrogens (tertiary/aromatic N) is 1. The van der Waals surface area contributed by atoms with Crippen molar-refractivity contribution in [1.82, 2.24) is 4.90 Å². The molecule has 4 nitrogen and oxygen atoms in total. The Bertz CT molecular complexity index is 666. The van der Waals surface area contributed by atoms with E-state index in [1.54, 1.807) is 31.9 Å². The molecule has 21 heavy (non-hydrogen) atoms. The average molecular weight is 332 g/mol. The van der Waals surface area contributed by atoms with Crippen molar-refractivity contribution < 1.29 is 13.2 Å². The van der Waals surface area contributed by atoms with Gasteiger partial charge < -0.3 is 4.90 Å². The lowest BCUT2D eigenvalue weighted by Crippen LogP contribution is -2.44. The molecule has 1 aromatic carbocycles. The van der Waals surface area contributed by atoms with Crippen molar-refractivity contribution in [3.63, 3.8) is 0 Å². The van der Waals surface area contributed by atoms with Crippen LogP contribution in [-0.2, 0) is 9.05 Å². The summed E-state index contributed by atoms with van der Waals surface area (Å²) in [7, 11) is 3.30. The van der Waals surface area contributed by atoms with Crippen molar-refractivity contribution in [1.29, 1.82) is 0 Å². The van der Waals surface area contributed by atoms with Crippen molar-refractivity contribution in [2.45, 2.75) is 51.5 Å². The summed E-state index contributed by atoms with van der Waals surface area (Å²) in [6.45, 7) is 9.37. The largest absolute Gasteiger partial charge is 0.337 e. The molecule has 0 saturated carbocycles. The molecule has 1 amide bonds. The highest BCUT2D eigenvalue weighted by molar-refractivity contribution is 8.13. The second kappa shape index (κ2) is 5.97. The van der Waals surface area contributed by atoms with Gasteiger partial charge in [-0.05, 0) is 57.4 Å². The topological polar surface area (TPSA) is 54.5 Å². The van der Waals surface area contributed by atoms with E-state index in [0.29, 0.717) is 11.1 Å². The van der Waals surface area contributed by atoms with Crippen LogP contribution in [0.1, 0.15) is 48.7 Å². The van der Waals surface area contributed by atoms with Gasteiger partial charge in [0.25, 0.3) is 15.0 Å². The Labute approximate surface area is 131 Å². The van der Waals surface area contributed by atoms with E-state index in [1.165, 1.54) is 6.07 Å². The zero-order chi connectivity index (χ0) is 16.6. The molecule has 0 bridgehead atoms. The lowest BCUT2D eigenvalue weighted by molar-refractivity contribution is 0.0620. The van der Waals surface area contributed by atoms with Gasteiger partial charge in [-0.15, -0.1) is 0 Å². The molecule has 6 heteroatoms. The van der Waals surface area contributed by atoms with Crippen molar-refractivity contribution in [2.24, 2.45) is 0 Å². The number of aryl methyl sites for hydroxylation is 1. The maximum atomic E-state index is 12.6. The minimum absolute atomic E-state index is 0.00442. The number of carbonyl (C=O) groups is 1. The van der Waals surface area contributed by atoms with Crippen LogP contribution < -0.4 is 0 Å². The summed E-state index contributed by atoms with van der Waals surface area (Å²) in [5.74, 6) is -0.216. The van der Waals surface area contributed by atoms with Crippen molar-refractivity contribution in [3.05, 3.63) is 28.8 Å². The summed E-state index contributed by atoms with van der Waals surface area (Å²) in [5.41, 5.74) is 1.32. The minimum Gasteiger partial charge on any atom is -0.337 e. The third-order valence-corrected chi connectivity index (χ3v) is 5.66. The quantitative estimate of drug-likeness (QED) is 0.793. The van der Waals surface area contributed by atoms with Crippen LogP contribution in [0.2, 0.25) is 0 Å². The third kappa shape index (κ3) is 3.77. The van der Waals surface area contributed by atoms with Crippen LogP contribution in [0.25, 0.3) is 0 Å². The number of benzene rings is 1. The van der Waals surface area contributed by atoms with Crippen molar-refractivity contribution in [2.75, 3.05) is 7.05 Å². The Balaban J connectivity index is 3.40. The summed E-state index contributed by atoms with van der Waals surface area (Å²) in [4.78, 5) is 14.2. The van der Waals surface area contributed by atoms with Gasteiger partial charge in [0.2, 0.25) is 0 Å². The number of hydrogen-bond acceptors (Lipinski definition) is 3. The Hall–Kier alpha value is -1.07. The van der Waals surface area contributed by atoms with Crippen LogP contribution in [-0.4, -0.2) is 31.8 Å². The molecule has 0 spiro atoms. The molecular weight excluding hydrogens is 310 g/mol. The fraction of sp³-hybridized carbons (Fsp3) is 0.533. The first kappa shape index (κ1) is 18.0. The summed E-state index contributed by atoms with van der Waals surface area (Å²) < 4.78 is 23.3. The van der Waals surface area contributed by atoms with E-state index in [-0.39, 0.29) is 16.3 Å². The fourth-order valence-electron chi connectivity index (χ4n) is 1.91. The fourth-order valence-corrected chi connectivity index (χ4v) is 3.18. The number of hydrogen-bond donors (Lipinski definition) is 0. The van der Waals surface area contributed by atoms with Crippen LogP contribution in [0.4, 0.5) is 0 Å². The first-order valence-corrected chi connectivity index (χ1v) is 9.07. The third-order valence-electron chi connectivity index (χ3n) is 4.21. The Morgan fingerprint density at radius 2 is 1.81 bits per heavy atom. The van der Waals surface area contributed by atoms with Crippen molar-refractivity contribution in [3.8, 4) is 0 Å².